The summed E-state index contributed by atoms with van der Waals surface area (Å²) in [7, 11) is 0. The van der Waals surface area contributed by atoms with Gasteiger partial charge >= 0.3 is 11.9 Å². The number of hydrogen-bond donors (Lipinski definition) is 0. The molecule has 0 amide bonds. The molecule has 0 spiro atoms. The first kappa shape index (κ1) is 11.8. The Labute approximate surface area is 86.6 Å². The van der Waals surface area contributed by atoms with Gasteiger partial charge in [-0.05, 0) is 6.92 Å². The summed E-state index contributed by atoms with van der Waals surface area (Å²) < 4.78 is 37.6. The number of hydrogen-bond acceptors (Lipinski definition) is 3. The lowest BCUT2D eigenvalue weighted by Gasteiger charge is -1.99. The van der Waals surface area contributed by atoms with Gasteiger partial charge in [-0.2, -0.15) is 18.3 Å². The average Bonchev–Trinajstić information content (AvgIpc) is 2.41. The van der Waals surface area contributed by atoms with Gasteiger partial charge in [0, 0.05) is 6.54 Å². The van der Waals surface area contributed by atoms with Gasteiger partial charge in [0.2, 0.25) is 10.8 Å². The van der Waals surface area contributed by atoms with E-state index >= 15 is 0 Å². The van der Waals surface area contributed by atoms with Crippen molar-refractivity contribution in [2.24, 2.45) is 0 Å². The standard InChI is InChI=1S/C6H5ClF3N3O2/c1-2-12-5(7)3(13(14)15)4(11-12)6(8,9)10/h2H2,1H3. The molecule has 0 aromatic carbocycles. The summed E-state index contributed by atoms with van der Waals surface area (Å²) in [6.07, 6.45) is -4.88. The lowest BCUT2D eigenvalue weighted by Crippen LogP contribution is -2.09. The number of aromatic nitrogens is 2. The van der Waals surface area contributed by atoms with Crippen LogP contribution in [0.1, 0.15) is 12.6 Å². The molecule has 1 aromatic rings. The summed E-state index contributed by atoms with van der Waals surface area (Å²) >= 11 is 5.39. The number of halogens is 4. The van der Waals surface area contributed by atoms with Gasteiger partial charge in [-0.3, -0.25) is 10.1 Å². The first-order valence-corrected chi connectivity index (χ1v) is 4.14. The summed E-state index contributed by atoms with van der Waals surface area (Å²) in [5.74, 6) is 0. The summed E-state index contributed by atoms with van der Waals surface area (Å²) in [6.45, 7) is 1.50. The van der Waals surface area contributed by atoms with Crippen LogP contribution in [-0.2, 0) is 12.7 Å². The largest absolute Gasteiger partial charge is 0.442 e. The second-order valence-corrected chi connectivity index (χ2v) is 2.92. The molecule has 5 nitrogen and oxygen atoms in total. The Morgan fingerprint density at radius 1 is 1.60 bits per heavy atom. The van der Waals surface area contributed by atoms with Crippen molar-refractivity contribution in [2.75, 3.05) is 0 Å². The average molecular weight is 244 g/mol. The lowest BCUT2D eigenvalue weighted by molar-refractivity contribution is -0.388. The van der Waals surface area contributed by atoms with Gasteiger partial charge in [-0.25, -0.2) is 4.68 Å². The van der Waals surface area contributed by atoms with Crippen molar-refractivity contribution in [2.45, 2.75) is 19.6 Å². The molecule has 0 aliphatic carbocycles. The quantitative estimate of drug-likeness (QED) is 0.592. The van der Waals surface area contributed by atoms with E-state index in [2.05, 4.69) is 5.10 Å². The zero-order chi connectivity index (χ0) is 11.8. The van der Waals surface area contributed by atoms with Crippen LogP contribution in [0.25, 0.3) is 0 Å². The highest BCUT2D eigenvalue weighted by Crippen LogP contribution is 2.39. The van der Waals surface area contributed by atoms with Crippen LogP contribution in [0.3, 0.4) is 0 Å². The molecule has 0 saturated heterocycles. The van der Waals surface area contributed by atoms with Gasteiger partial charge < -0.3 is 0 Å². The molecule has 0 atom stereocenters. The van der Waals surface area contributed by atoms with E-state index in [9.17, 15) is 23.3 Å². The maximum absolute atomic E-state index is 12.3. The number of nitrogens with zero attached hydrogens (tertiary/aromatic N) is 3. The Balaban J connectivity index is 3.45. The van der Waals surface area contributed by atoms with E-state index in [4.69, 9.17) is 11.6 Å². The third-order valence-electron chi connectivity index (χ3n) is 1.62. The monoisotopic (exact) mass is 243 g/mol. The van der Waals surface area contributed by atoms with Crippen LogP contribution in [0.4, 0.5) is 18.9 Å². The summed E-state index contributed by atoms with van der Waals surface area (Å²) in [6, 6.07) is 0. The van der Waals surface area contributed by atoms with Gasteiger partial charge in [0.15, 0.2) is 0 Å². The van der Waals surface area contributed by atoms with Crippen molar-refractivity contribution in [1.29, 1.82) is 0 Å². The van der Waals surface area contributed by atoms with E-state index in [-0.39, 0.29) is 6.54 Å². The molecule has 0 fully saturated rings. The highest BCUT2D eigenvalue weighted by atomic mass is 35.5. The number of nitro groups is 1. The number of alkyl halides is 3. The van der Waals surface area contributed by atoms with Crippen molar-refractivity contribution in [3.05, 3.63) is 21.0 Å². The van der Waals surface area contributed by atoms with E-state index in [1.54, 1.807) is 0 Å². The SMILES string of the molecule is CCn1nc(C(F)(F)F)c([N+](=O)[O-])c1Cl. The normalized spacial score (nSPS) is 11.8. The van der Waals surface area contributed by atoms with Crippen molar-refractivity contribution in [1.82, 2.24) is 9.78 Å². The zero-order valence-electron chi connectivity index (χ0n) is 7.38. The van der Waals surface area contributed by atoms with Crippen LogP contribution in [0.2, 0.25) is 5.15 Å². The minimum absolute atomic E-state index is 0.0236. The molecule has 0 aliphatic heterocycles. The van der Waals surface area contributed by atoms with Crippen LogP contribution >= 0.6 is 11.6 Å². The molecule has 0 N–H and O–H groups in total. The summed E-state index contributed by atoms with van der Waals surface area (Å²) in [5, 5.41) is 12.8. The Bertz CT molecular complexity index is 401. The van der Waals surface area contributed by atoms with Gasteiger partial charge in [0.1, 0.15) is 0 Å². The fourth-order valence-electron chi connectivity index (χ4n) is 0.994. The van der Waals surface area contributed by atoms with Crippen LogP contribution < -0.4 is 0 Å². The maximum Gasteiger partial charge on any atom is 0.442 e. The molecule has 0 bridgehead atoms. The zero-order valence-corrected chi connectivity index (χ0v) is 8.13. The molecule has 84 valence electrons. The molecule has 0 unspecified atom stereocenters. The fourth-order valence-corrected chi connectivity index (χ4v) is 1.31. The van der Waals surface area contributed by atoms with Crippen LogP contribution in [-0.4, -0.2) is 14.7 Å². The predicted molar refractivity (Wildman–Crippen MR) is 44.6 cm³/mol. The first-order chi connectivity index (χ1) is 6.79. The van der Waals surface area contributed by atoms with E-state index in [1.165, 1.54) is 6.92 Å². The summed E-state index contributed by atoms with van der Waals surface area (Å²) in [4.78, 5) is 9.20. The van der Waals surface area contributed by atoms with Crippen molar-refractivity contribution in [3.8, 4) is 0 Å². The summed E-state index contributed by atoms with van der Waals surface area (Å²) in [5.41, 5.74) is -2.77. The van der Waals surface area contributed by atoms with E-state index in [0.29, 0.717) is 0 Å². The lowest BCUT2D eigenvalue weighted by atomic mass is 10.4. The van der Waals surface area contributed by atoms with E-state index < -0.39 is 27.6 Å². The minimum Gasteiger partial charge on any atom is -0.258 e. The highest BCUT2D eigenvalue weighted by Gasteiger charge is 2.44. The molecular weight excluding hydrogens is 239 g/mol. The molecular formula is C6H5ClF3N3O2. The fraction of sp³-hybridized carbons (Fsp3) is 0.500. The van der Waals surface area contributed by atoms with Crippen LogP contribution in [0.5, 0.6) is 0 Å². The first-order valence-electron chi connectivity index (χ1n) is 3.77. The third kappa shape index (κ3) is 2.04. The Morgan fingerprint density at radius 3 is 2.40 bits per heavy atom. The molecule has 0 saturated carbocycles. The molecule has 1 aromatic heterocycles. The van der Waals surface area contributed by atoms with Crippen molar-refractivity contribution >= 4 is 17.3 Å². The highest BCUT2D eigenvalue weighted by molar-refractivity contribution is 6.31. The molecule has 15 heavy (non-hydrogen) atoms. The van der Waals surface area contributed by atoms with Crippen LogP contribution in [0.15, 0.2) is 0 Å². The molecule has 9 heteroatoms. The molecule has 1 heterocycles. The van der Waals surface area contributed by atoms with Crippen LogP contribution in [0, 0.1) is 10.1 Å². The second kappa shape index (κ2) is 3.69. The Kier molecular flexibility index (Phi) is 2.89. The van der Waals surface area contributed by atoms with Gasteiger partial charge in [0.05, 0.1) is 4.92 Å². The predicted octanol–water partition coefficient (Wildman–Crippen LogP) is 2.48. The van der Waals surface area contributed by atoms with Crippen molar-refractivity contribution in [3.63, 3.8) is 0 Å². The van der Waals surface area contributed by atoms with E-state index in [0.717, 1.165) is 4.68 Å². The smallest absolute Gasteiger partial charge is 0.258 e. The van der Waals surface area contributed by atoms with Gasteiger partial charge in [-0.1, -0.05) is 11.6 Å². The minimum atomic E-state index is -4.88. The second-order valence-electron chi connectivity index (χ2n) is 2.56. The maximum atomic E-state index is 12.3. The Hall–Kier alpha value is -1.31. The van der Waals surface area contributed by atoms with Crippen molar-refractivity contribution < 1.29 is 18.1 Å². The molecule has 1 rings (SSSR count). The van der Waals surface area contributed by atoms with Gasteiger partial charge in [-0.15, -0.1) is 0 Å². The molecule has 0 aliphatic rings. The number of aryl methyl sites for hydroxylation is 1. The number of rotatable bonds is 2. The Morgan fingerprint density at radius 2 is 2.13 bits per heavy atom. The van der Waals surface area contributed by atoms with E-state index in [1.807, 2.05) is 0 Å². The third-order valence-corrected chi connectivity index (χ3v) is 1.99. The molecule has 0 radical (unpaired) electrons. The van der Waals surface area contributed by atoms with Gasteiger partial charge in [0.25, 0.3) is 0 Å². The topological polar surface area (TPSA) is 61.0 Å².